The number of sulfonamides is 1. The highest BCUT2D eigenvalue weighted by atomic mass is 32.2. The summed E-state index contributed by atoms with van der Waals surface area (Å²) in [4.78, 5) is 7.83. The van der Waals surface area contributed by atoms with Crippen LogP contribution in [0.15, 0.2) is 17.4 Å². The van der Waals surface area contributed by atoms with E-state index in [1.165, 1.54) is 10.5 Å². The minimum atomic E-state index is -3.55. The van der Waals surface area contributed by atoms with Gasteiger partial charge in [0.2, 0.25) is 0 Å². The number of nitrogens with one attached hydrogen (secondary N) is 1. The van der Waals surface area contributed by atoms with Crippen molar-refractivity contribution in [3.63, 3.8) is 0 Å². The van der Waals surface area contributed by atoms with Gasteiger partial charge in [0.25, 0.3) is 15.2 Å². The summed E-state index contributed by atoms with van der Waals surface area (Å²) in [6, 6.07) is 1.84. The molecule has 0 saturated carbocycles. The van der Waals surface area contributed by atoms with E-state index in [1.54, 1.807) is 13.0 Å². The molecule has 1 aromatic heterocycles. The second-order valence-electron chi connectivity index (χ2n) is 4.20. The normalized spacial score (nSPS) is 22.6. The lowest BCUT2D eigenvalue weighted by Gasteiger charge is -2.30. The van der Waals surface area contributed by atoms with Crippen LogP contribution in [0.3, 0.4) is 0 Å². The molecule has 1 aliphatic heterocycles. The molecule has 6 nitrogen and oxygen atoms in total. The number of hydrogen-bond acceptors (Lipinski definition) is 5. The van der Waals surface area contributed by atoms with Gasteiger partial charge in [0, 0.05) is 37.6 Å². The fourth-order valence-corrected chi connectivity index (χ4v) is 3.22. The summed E-state index contributed by atoms with van der Waals surface area (Å²) in [6.45, 7) is 5.29. The molecular weight excluding hydrogens is 240 g/mol. The summed E-state index contributed by atoms with van der Waals surface area (Å²) < 4.78 is 25.9. The van der Waals surface area contributed by atoms with Crippen LogP contribution < -0.4 is 5.32 Å². The highest BCUT2D eigenvalue weighted by molar-refractivity contribution is 7.88. The number of rotatable bonds is 2. The van der Waals surface area contributed by atoms with Gasteiger partial charge in [-0.1, -0.05) is 0 Å². The number of hydrogen-bond donors (Lipinski definition) is 1. The fourth-order valence-electron chi connectivity index (χ4n) is 1.78. The van der Waals surface area contributed by atoms with Gasteiger partial charge in [-0.05, 0) is 19.9 Å². The van der Waals surface area contributed by atoms with Crippen LogP contribution in [-0.2, 0) is 10.0 Å². The fraction of sp³-hybridized carbons (Fsp3) is 0.600. The largest absolute Gasteiger partial charge is 0.312 e. The molecule has 0 amide bonds. The summed E-state index contributed by atoms with van der Waals surface area (Å²) in [5, 5.41) is 3.09. The first-order valence-electron chi connectivity index (χ1n) is 5.53. The Morgan fingerprint density at radius 3 is 2.94 bits per heavy atom. The maximum Gasteiger partial charge on any atom is 0.278 e. The predicted molar refractivity (Wildman–Crippen MR) is 63.0 cm³/mol. The maximum atomic E-state index is 12.3. The van der Waals surface area contributed by atoms with E-state index in [2.05, 4.69) is 15.3 Å². The van der Waals surface area contributed by atoms with Crippen molar-refractivity contribution in [1.29, 1.82) is 0 Å². The SMILES string of the molecule is Cc1ccnc(S(=O)(=O)N2CCN[C@H](C)C2)n1. The standard InChI is InChI=1S/C10H16N4O2S/c1-8-3-4-12-10(13-8)17(15,16)14-6-5-11-9(2)7-14/h3-4,9,11H,5-7H2,1-2H3/t9-/m1/s1. The van der Waals surface area contributed by atoms with Crippen LogP contribution in [0.1, 0.15) is 12.6 Å². The van der Waals surface area contributed by atoms with Crippen molar-refractivity contribution < 1.29 is 8.42 Å². The molecule has 0 unspecified atom stereocenters. The molecule has 2 heterocycles. The Morgan fingerprint density at radius 1 is 1.53 bits per heavy atom. The van der Waals surface area contributed by atoms with Crippen LogP contribution in [0.2, 0.25) is 0 Å². The molecule has 0 bridgehead atoms. The molecule has 0 spiro atoms. The molecular formula is C10H16N4O2S. The summed E-state index contributed by atoms with van der Waals surface area (Å²) in [7, 11) is -3.55. The zero-order chi connectivity index (χ0) is 12.5. The van der Waals surface area contributed by atoms with Gasteiger partial charge in [-0.25, -0.2) is 18.4 Å². The van der Waals surface area contributed by atoms with Crippen molar-refractivity contribution >= 4 is 10.0 Å². The van der Waals surface area contributed by atoms with Gasteiger partial charge < -0.3 is 5.32 Å². The number of aromatic nitrogens is 2. The highest BCUT2D eigenvalue weighted by Gasteiger charge is 2.30. The summed E-state index contributed by atoms with van der Waals surface area (Å²) in [5.74, 6) is 0. The van der Waals surface area contributed by atoms with Gasteiger partial charge in [-0.15, -0.1) is 0 Å². The lowest BCUT2D eigenvalue weighted by atomic mass is 10.3. The monoisotopic (exact) mass is 256 g/mol. The molecule has 1 aromatic rings. The molecule has 1 saturated heterocycles. The molecule has 1 atom stereocenters. The zero-order valence-electron chi connectivity index (χ0n) is 9.92. The van der Waals surface area contributed by atoms with E-state index in [4.69, 9.17) is 0 Å². The lowest BCUT2D eigenvalue weighted by Crippen LogP contribution is -2.51. The Kier molecular flexibility index (Phi) is 3.41. The number of nitrogens with zero attached hydrogens (tertiary/aromatic N) is 3. The third-order valence-electron chi connectivity index (χ3n) is 2.67. The van der Waals surface area contributed by atoms with Crippen molar-refractivity contribution in [3.05, 3.63) is 18.0 Å². The number of piperazine rings is 1. The highest BCUT2D eigenvalue weighted by Crippen LogP contribution is 2.13. The van der Waals surface area contributed by atoms with E-state index in [1.807, 2.05) is 6.92 Å². The third-order valence-corrected chi connectivity index (χ3v) is 4.34. The first-order chi connectivity index (χ1) is 8.00. The van der Waals surface area contributed by atoms with Gasteiger partial charge in [0.05, 0.1) is 0 Å². The maximum absolute atomic E-state index is 12.3. The molecule has 17 heavy (non-hydrogen) atoms. The first kappa shape index (κ1) is 12.4. The quantitative estimate of drug-likeness (QED) is 0.740. The van der Waals surface area contributed by atoms with Gasteiger partial charge in [-0.3, -0.25) is 0 Å². The van der Waals surface area contributed by atoms with Gasteiger partial charge in [-0.2, -0.15) is 4.31 Å². The molecule has 1 fully saturated rings. The minimum absolute atomic E-state index is 0.105. The average Bonchev–Trinajstić information content (AvgIpc) is 2.29. The van der Waals surface area contributed by atoms with Crippen LogP contribution in [0.5, 0.6) is 0 Å². The average molecular weight is 256 g/mol. The van der Waals surface area contributed by atoms with E-state index in [0.717, 1.165) is 0 Å². The molecule has 0 radical (unpaired) electrons. The minimum Gasteiger partial charge on any atom is -0.312 e. The van der Waals surface area contributed by atoms with Crippen molar-refractivity contribution in [2.45, 2.75) is 25.0 Å². The van der Waals surface area contributed by atoms with Crippen molar-refractivity contribution in [2.75, 3.05) is 19.6 Å². The molecule has 1 N–H and O–H groups in total. The van der Waals surface area contributed by atoms with Crippen LogP contribution in [0.4, 0.5) is 0 Å². The Hall–Kier alpha value is -1.05. The van der Waals surface area contributed by atoms with Crippen LogP contribution >= 0.6 is 0 Å². The van der Waals surface area contributed by atoms with E-state index >= 15 is 0 Å². The van der Waals surface area contributed by atoms with Gasteiger partial charge in [0.15, 0.2) is 0 Å². The third kappa shape index (κ3) is 2.62. The van der Waals surface area contributed by atoms with E-state index in [9.17, 15) is 8.42 Å². The zero-order valence-corrected chi connectivity index (χ0v) is 10.7. The second-order valence-corrected chi connectivity index (χ2v) is 6.03. The molecule has 7 heteroatoms. The number of aryl methyl sites for hydroxylation is 1. The Balaban J connectivity index is 2.29. The Labute approximate surface area is 101 Å². The molecule has 0 aromatic carbocycles. The van der Waals surface area contributed by atoms with E-state index in [0.29, 0.717) is 25.3 Å². The van der Waals surface area contributed by atoms with Crippen molar-refractivity contribution in [3.8, 4) is 0 Å². The summed E-state index contributed by atoms with van der Waals surface area (Å²) in [5.41, 5.74) is 0.654. The van der Waals surface area contributed by atoms with Gasteiger partial charge >= 0.3 is 0 Å². The molecule has 1 aliphatic rings. The van der Waals surface area contributed by atoms with Crippen molar-refractivity contribution in [2.24, 2.45) is 0 Å². The second kappa shape index (κ2) is 4.67. The smallest absolute Gasteiger partial charge is 0.278 e. The first-order valence-corrected chi connectivity index (χ1v) is 6.97. The van der Waals surface area contributed by atoms with Crippen LogP contribution in [0, 0.1) is 6.92 Å². The van der Waals surface area contributed by atoms with E-state index in [-0.39, 0.29) is 11.2 Å². The van der Waals surface area contributed by atoms with E-state index < -0.39 is 10.0 Å². The lowest BCUT2D eigenvalue weighted by molar-refractivity contribution is 0.308. The predicted octanol–water partition coefficient (Wildman–Crippen LogP) is -0.233. The van der Waals surface area contributed by atoms with Gasteiger partial charge in [0.1, 0.15) is 0 Å². The molecule has 94 valence electrons. The summed E-state index contributed by atoms with van der Waals surface area (Å²) in [6.07, 6.45) is 1.47. The summed E-state index contributed by atoms with van der Waals surface area (Å²) >= 11 is 0. The van der Waals surface area contributed by atoms with Crippen LogP contribution in [0.25, 0.3) is 0 Å². The van der Waals surface area contributed by atoms with Crippen molar-refractivity contribution in [1.82, 2.24) is 19.6 Å². The Bertz CT molecular complexity index is 503. The topological polar surface area (TPSA) is 75.2 Å². The molecule has 2 rings (SSSR count). The Morgan fingerprint density at radius 2 is 2.29 bits per heavy atom. The van der Waals surface area contributed by atoms with Crippen LogP contribution in [-0.4, -0.2) is 48.4 Å². The molecule has 0 aliphatic carbocycles.